The van der Waals surface area contributed by atoms with E-state index in [-0.39, 0.29) is 43.7 Å². The van der Waals surface area contributed by atoms with Crippen LogP contribution in [0.3, 0.4) is 0 Å². The van der Waals surface area contributed by atoms with Gasteiger partial charge < -0.3 is 40.4 Å². The first-order valence-corrected chi connectivity index (χ1v) is 19.1. The Balaban J connectivity index is 1.62. The lowest BCUT2D eigenvalue weighted by Gasteiger charge is -2.35. The van der Waals surface area contributed by atoms with Crippen molar-refractivity contribution in [3.8, 4) is 5.75 Å². The van der Waals surface area contributed by atoms with E-state index >= 15 is 0 Å². The summed E-state index contributed by atoms with van der Waals surface area (Å²) in [5, 5.41) is 35.3. The lowest BCUT2D eigenvalue weighted by Crippen LogP contribution is -2.64. The molecule has 6 N–H and O–H groups in total. The van der Waals surface area contributed by atoms with E-state index in [2.05, 4.69) is 36.8 Å². The summed E-state index contributed by atoms with van der Waals surface area (Å²) >= 11 is 1.19. The molecule has 0 fully saturated rings. The molecule has 0 unspecified atom stereocenters. The molecular formula is C38H54N8O7S. The van der Waals surface area contributed by atoms with E-state index in [4.69, 9.17) is 9.47 Å². The number of aryl methyl sites for hydroxylation is 1. The molecule has 4 amide bonds. The average Bonchev–Trinajstić information content (AvgIpc) is 3.55. The predicted molar refractivity (Wildman–Crippen MR) is 204 cm³/mol. The maximum atomic E-state index is 14.2. The van der Waals surface area contributed by atoms with E-state index in [9.17, 15) is 24.3 Å². The Morgan fingerprint density at radius 3 is 2.37 bits per heavy atom. The number of aliphatic hydroxyl groups is 1. The molecule has 15 nitrogen and oxygen atoms in total. The number of thioether (sulfide) groups is 1. The van der Waals surface area contributed by atoms with Crippen LogP contribution in [0.5, 0.6) is 5.75 Å². The van der Waals surface area contributed by atoms with E-state index in [1.54, 1.807) is 11.6 Å². The fourth-order valence-electron chi connectivity index (χ4n) is 5.79. The topological polar surface area (TPSA) is 198 Å². The molecule has 294 valence electrons. The van der Waals surface area contributed by atoms with Gasteiger partial charge in [0, 0.05) is 20.1 Å². The minimum atomic E-state index is -1.49. The van der Waals surface area contributed by atoms with Crippen molar-refractivity contribution in [2.45, 2.75) is 83.0 Å². The average molecular weight is 767 g/mol. The number of aromatic nitrogens is 3. The third-order valence-electron chi connectivity index (χ3n) is 8.84. The van der Waals surface area contributed by atoms with Crippen LogP contribution in [-0.2, 0) is 43.9 Å². The van der Waals surface area contributed by atoms with Crippen LogP contribution in [0.2, 0.25) is 0 Å². The van der Waals surface area contributed by atoms with Gasteiger partial charge in [0.15, 0.2) is 5.16 Å². The first-order valence-electron chi connectivity index (χ1n) is 18.1. The minimum Gasteiger partial charge on any atom is -0.491 e. The lowest BCUT2D eigenvalue weighted by molar-refractivity contribution is -0.134. The van der Waals surface area contributed by atoms with Gasteiger partial charge in [-0.1, -0.05) is 88.8 Å². The molecule has 2 aromatic carbocycles. The van der Waals surface area contributed by atoms with Gasteiger partial charge in [-0.25, -0.2) is 0 Å². The molecule has 0 radical (unpaired) electrons. The van der Waals surface area contributed by atoms with E-state index < -0.39 is 53.4 Å². The highest BCUT2D eigenvalue weighted by molar-refractivity contribution is 7.99. The lowest BCUT2D eigenvalue weighted by atomic mass is 9.85. The first kappa shape index (κ1) is 42.2. The van der Waals surface area contributed by atoms with Crippen molar-refractivity contribution in [1.29, 1.82) is 0 Å². The normalized spacial score (nSPS) is 19.3. The number of hydrogen-bond acceptors (Lipinski definition) is 11. The van der Waals surface area contributed by atoms with Crippen molar-refractivity contribution in [3.63, 3.8) is 0 Å². The third kappa shape index (κ3) is 12.8. The summed E-state index contributed by atoms with van der Waals surface area (Å²) in [6.45, 7) is 10.5. The number of aliphatic hydroxyl groups excluding tert-OH is 1. The number of hydrogen-bond donors (Lipinski definition) is 6. The highest BCUT2D eigenvalue weighted by atomic mass is 32.2. The molecule has 54 heavy (non-hydrogen) atoms. The molecule has 0 spiro atoms. The smallest absolute Gasteiger partial charge is 0.243 e. The Bertz CT molecular complexity index is 1670. The van der Waals surface area contributed by atoms with Crippen LogP contribution < -0.4 is 31.3 Å². The Labute approximate surface area is 321 Å². The Morgan fingerprint density at radius 2 is 1.72 bits per heavy atom. The number of ether oxygens (including phenoxy) is 2. The number of rotatable bonds is 11. The maximum Gasteiger partial charge on any atom is 0.243 e. The molecule has 16 heteroatoms. The molecule has 1 aromatic heterocycles. The van der Waals surface area contributed by atoms with Crippen LogP contribution in [0.4, 0.5) is 0 Å². The Hall–Kier alpha value is -4.51. The van der Waals surface area contributed by atoms with Gasteiger partial charge in [-0.15, -0.1) is 10.2 Å². The van der Waals surface area contributed by atoms with Crippen LogP contribution in [0.25, 0.3) is 0 Å². The monoisotopic (exact) mass is 766 g/mol. The Kier molecular flexibility index (Phi) is 15.8. The summed E-state index contributed by atoms with van der Waals surface area (Å²) in [6, 6.07) is 12.4. The second-order valence-electron chi connectivity index (χ2n) is 14.7. The van der Waals surface area contributed by atoms with Crippen LogP contribution in [0, 0.1) is 11.3 Å². The fourth-order valence-corrected chi connectivity index (χ4v) is 6.49. The van der Waals surface area contributed by atoms with Crippen LogP contribution in [-0.4, -0.2) is 106 Å². The molecule has 3 aromatic rings. The van der Waals surface area contributed by atoms with Crippen molar-refractivity contribution >= 4 is 35.4 Å². The van der Waals surface area contributed by atoms with Crippen molar-refractivity contribution in [2.24, 2.45) is 18.4 Å². The molecule has 0 aliphatic carbocycles. The van der Waals surface area contributed by atoms with E-state index in [1.165, 1.54) is 18.1 Å². The van der Waals surface area contributed by atoms with Crippen LogP contribution in [0.15, 0.2) is 66.1 Å². The second-order valence-corrected chi connectivity index (χ2v) is 15.6. The zero-order valence-electron chi connectivity index (χ0n) is 31.8. The summed E-state index contributed by atoms with van der Waals surface area (Å²) < 4.78 is 13.1. The molecule has 0 saturated heterocycles. The van der Waals surface area contributed by atoms with Crippen molar-refractivity contribution in [3.05, 3.63) is 72.1 Å². The van der Waals surface area contributed by atoms with Gasteiger partial charge in [0.05, 0.1) is 31.1 Å². The quantitative estimate of drug-likeness (QED) is 0.122. The zero-order valence-corrected chi connectivity index (χ0v) is 32.7. The molecule has 2 aliphatic rings. The van der Waals surface area contributed by atoms with Crippen molar-refractivity contribution in [2.75, 3.05) is 32.1 Å². The zero-order chi connectivity index (χ0) is 39.3. The van der Waals surface area contributed by atoms with Crippen molar-refractivity contribution < 1.29 is 33.8 Å². The number of nitrogens with one attached hydrogen (secondary N) is 5. The van der Waals surface area contributed by atoms with Crippen LogP contribution in [0.1, 0.15) is 45.7 Å². The summed E-state index contributed by atoms with van der Waals surface area (Å²) in [4.78, 5) is 54.8. The number of carbonyl (C=O) groups is 4. The van der Waals surface area contributed by atoms with Gasteiger partial charge >= 0.3 is 0 Å². The van der Waals surface area contributed by atoms with Gasteiger partial charge in [0.25, 0.3) is 0 Å². The first-order chi connectivity index (χ1) is 25.7. The molecule has 2 aliphatic heterocycles. The van der Waals surface area contributed by atoms with Gasteiger partial charge in [0.2, 0.25) is 23.6 Å². The summed E-state index contributed by atoms with van der Waals surface area (Å²) in [5.41, 5.74) is 0.878. The molecule has 5 atom stereocenters. The Morgan fingerprint density at radius 1 is 1.00 bits per heavy atom. The van der Waals surface area contributed by atoms with Gasteiger partial charge in [-0.2, -0.15) is 0 Å². The number of nitrogens with zero attached hydrogens (tertiary/aromatic N) is 3. The number of carbonyl (C=O) groups excluding carboxylic acids is 4. The molecule has 5 rings (SSSR count). The van der Waals surface area contributed by atoms with Gasteiger partial charge in [-0.3, -0.25) is 24.5 Å². The summed E-state index contributed by atoms with van der Waals surface area (Å²) in [5.74, 6) is -1.58. The maximum absolute atomic E-state index is 14.2. The molecular weight excluding hydrogens is 713 g/mol. The van der Waals surface area contributed by atoms with Crippen LogP contribution >= 0.6 is 11.8 Å². The van der Waals surface area contributed by atoms with Gasteiger partial charge in [-0.05, 0) is 41.0 Å². The standard InChI is InChI=1S/C38H54N8O7S/c1-24(2)30-34(49)39-16-17-52-18-19-53-27-14-12-26(13-15-27)21-40-31(35(50)44-30)32(48)28(20-25-10-8-7-9-11-25)42-36(51)33(38(3,4)5)43-29(47)22-54-37-45-41-23-46(37)6/h7-15,23-24,28,30-33,40,48H,16-22H2,1-6H3,(H,39,49)(H,42,51)(H,43,47)(H,44,50)/t28-,30-,31+,32+,33+/m0/s1. The number of amides is 4. The number of benzene rings is 2. The second kappa shape index (κ2) is 20.2. The van der Waals surface area contributed by atoms with Crippen molar-refractivity contribution in [1.82, 2.24) is 41.3 Å². The summed E-state index contributed by atoms with van der Waals surface area (Å²) in [7, 11) is 1.77. The van der Waals surface area contributed by atoms with E-state index in [0.717, 1.165) is 11.1 Å². The fraction of sp³-hybridized carbons (Fsp3) is 0.526. The predicted octanol–water partition coefficient (Wildman–Crippen LogP) is 1.35. The highest BCUT2D eigenvalue weighted by Crippen LogP contribution is 2.22. The molecule has 2 bridgehead atoms. The molecule has 0 saturated carbocycles. The van der Waals surface area contributed by atoms with E-state index in [1.807, 2.05) is 89.2 Å². The minimum absolute atomic E-state index is 0.000644. The van der Waals surface area contributed by atoms with Gasteiger partial charge in [0.1, 0.15) is 36.8 Å². The highest BCUT2D eigenvalue weighted by Gasteiger charge is 2.39. The molecule has 3 heterocycles. The van der Waals surface area contributed by atoms with E-state index in [0.29, 0.717) is 24.1 Å². The largest absolute Gasteiger partial charge is 0.491 e. The third-order valence-corrected chi connectivity index (χ3v) is 9.87. The summed E-state index contributed by atoms with van der Waals surface area (Å²) in [6.07, 6.45) is 0.202. The number of fused-ring (bicyclic) bond motifs is 15. The SMILES string of the molecule is CC(C)[C@@H]1NC(=O)[C@@H]([C@H](O)[C@H](Cc2ccccc2)NC(=O)[C@@H](NC(=O)CSc2nncn2C)C(C)(C)C)NCc2ccc(cc2)OCCOCCNC1=O.